The molecule has 0 saturated heterocycles. The molecule has 2 amide bonds. The van der Waals surface area contributed by atoms with Crippen LogP contribution in [-0.2, 0) is 27.2 Å². The highest BCUT2D eigenvalue weighted by Crippen LogP contribution is 2.34. The number of halogens is 2. The Labute approximate surface area is 254 Å². The maximum Gasteiger partial charge on any atom is 0.243 e. The highest BCUT2D eigenvalue weighted by atomic mass is 35.5. The summed E-state index contributed by atoms with van der Waals surface area (Å²) in [5, 5.41) is 7.47. The molecule has 0 aromatic heterocycles. The third-order valence-corrected chi connectivity index (χ3v) is 8.10. The van der Waals surface area contributed by atoms with E-state index >= 15 is 0 Å². The van der Waals surface area contributed by atoms with Crippen LogP contribution in [0.15, 0.2) is 42.5 Å². The van der Waals surface area contributed by atoms with Crippen LogP contribution in [-0.4, -0.2) is 60.3 Å². The molecule has 4 atom stereocenters. The number of carbonyl (C=O) groups excluding carboxylic acids is 3. The van der Waals surface area contributed by atoms with Gasteiger partial charge in [-0.1, -0.05) is 54.7 Å². The van der Waals surface area contributed by atoms with Crippen molar-refractivity contribution in [1.29, 1.82) is 0 Å². The number of ketones is 1. The number of hydrogen-bond acceptors (Lipinski definition) is 5. The number of aryl methyl sites for hydroxylation is 1. The number of amides is 2. The number of nitrogens with one attached hydrogen (secondary N) is 2. The predicted molar refractivity (Wildman–Crippen MR) is 165 cm³/mol. The van der Waals surface area contributed by atoms with Gasteiger partial charge in [0.1, 0.15) is 17.9 Å². The summed E-state index contributed by atoms with van der Waals surface area (Å²) in [4.78, 5) is 40.4. The molecule has 2 aromatic rings. The third kappa shape index (κ3) is 10.0. The van der Waals surface area contributed by atoms with Gasteiger partial charge in [-0.05, 0) is 94.2 Å². The summed E-state index contributed by atoms with van der Waals surface area (Å²) >= 11 is 12.2. The molecule has 0 aliphatic heterocycles. The van der Waals surface area contributed by atoms with E-state index in [4.69, 9.17) is 27.9 Å². The largest absolute Gasteiger partial charge is 0.489 e. The van der Waals surface area contributed by atoms with Crippen molar-refractivity contribution in [2.45, 2.75) is 90.4 Å². The Morgan fingerprint density at radius 2 is 1.71 bits per heavy atom. The summed E-state index contributed by atoms with van der Waals surface area (Å²) in [6, 6.07) is 11.0. The number of benzene rings is 2. The van der Waals surface area contributed by atoms with Gasteiger partial charge in [0.2, 0.25) is 11.8 Å². The first kappa shape index (κ1) is 32.9. The fourth-order valence-corrected chi connectivity index (χ4v) is 4.97. The van der Waals surface area contributed by atoms with Crippen molar-refractivity contribution >= 4 is 40.8 Å². The summed E-state index contributed by atoms with van der Waals surface area (Å²) in [5.41, 5.74) is 2.01. The first-order valence-electron chi connectivity index (χ1n) is 14.5. The minimum atomic E-state index is -0.751. The average molecular weight is 605 g/mol. The zero-order valence-electron chi connectivity index (χ0n) is 24.7. The Kier molecular flexibility index (Phi) is 12.5. The maximum absolute atomic E-state index is 13.5. The number of Topliss-reactive ketones (excluding diaryl/α,β-unsaturated/α-hetero) is 1. The van der Waals surface area contributed by atoms with E-state index in [1.54, 1.807) is 26.1 Å². The molecule has 0 heterocycles. The van der Waals surface area contributed by atoms with Crippen LogP contribution >= 0.6 is 23.2 Å². The molecule has 7 nitrogen and oxygen atoms in total. The lowest BCUT2D eigenvalue weighted by molar-refractivity contribution is -0.141. The minimum Gasteiger partial charge on any atom is -0.489 e. The van der Waals surface area contributed by atoms with Crippen molar-refractivity contribution in [3.8, 4) is 5.75 Å². The average Bonchev–Trinajstić information content (AvgIpc) is 3.78. The lowest BCUT2D eigenvalue weighted by atomic mass is 10.0. The summed E-state index contributed by atoms with van der Waals surface area (Å²) in [6.07, 6.45) is 5.13. The predicted octanol–water partition coefficient (Wildman–Crippen LogP) is 5.63. The van der Waals surface area contributed by atoms with E-state index in [9.17, 15) is 14.4 Å². The molecule has 3 rings (SSSR count). The summed E-state index contributed by atoms with van der Waals surface area (Å²) in [7, 11) is 1.64. The second-order valence-corrected chi connectivity index (χ2v) is 12.0. The van der Waals surface area contributed by atoms with Crippen molar-refractivity contribution < 1.29 is 19.1 Å². The smallest absolute Gasteiger partial charge is 0.243 e. The van der Waals surface area contributed by atoms with E-state index < -0.39 is 18.1 Å². The van der Waals surface area contributed by atoms with Crippen LogP contribution in [0.1, 0.15) is 64.5 Å². The van der Waals surface area contributed by atoms with E-state index in [-0.39, 0.29) is 29.6 Å². The molecule has 0 spiro atoms. The monoisotopic (exact) mass is 603 g/mol. The number of nitrogens with zero attached hydrogens (tertiary/aromatic N) is 1. The summed E-state index contributed by atoms with van der Waals surface area (Å²) < 4.78 is 6.25. The molecule has 1 fully saturated rings. The fraction of sp³-hybridized carbons (Fsp3) is 0.531. The van der Waals surface area contributed by atoms with Gasteiger partial charge in [0.15, 0.2) is 5.78 Å². The van der Waals surface area contributed by atoms with Crippen molar-refractivity contribution in [1.82, 2.24) is 15.5 Å². The van der Waals surface area contributed by atoms with Crippen LogP contribution in [0.2, 0.25) is 10.0 Å². The first-order chi connectivity index (χ1) is 19.5. The van der Waals surface area contributed by atoms with Crippen molar-refractivity contribution in [3.05, 3.63) is 63.6 Å². The molecule has 1 aliphatic rings. The molecule has 41 heavy (non-hydrogen) atoms. The Morgan fingerprint density at radius 1 is 1.05 bits per heavy atom. The first-order valence-corrected chi connectivity index (χ1v) is 15.3. The summed E-state index contributed by atoms with van der Waals surface area (Å²) in [5.74, 6) is 0.315. The molecule has 9 heteroatoms. The van der Waals surface area contributed by atoms with Crippen LogP contribution in [0, 0.1) is 5.92 Å². The highest BCUT2D eigenvalue weighted by Gasteiger charge is 2.39. The van der Waals surface area contributed by atoms with Gasteiger partial charge in [-0.15, -0.1) is 0 Å². The standard InChI is InChI=1S/C32H43Cl2N3O4/c1-6-7-8-24-13-16-27(34)18-29(24)41-20(2)19-35-30(25-11-12-25)32(40)37(5)21(3)31(39)36-28(22(4)38)17-23-9-14-26(33)15-10-23/h9-10,13-16,18,20-21,25,28,30,35H,6-8,11-12,17,19H2,1-5H3,(H,36,39)/t20-,21-,28-,30+/m1/s1. The van der Waals surface area contributed by atoms with Crippen LogP contribution in [0.25, 0.3) is 0 Å². The molecule has 1 saturated carbocycles. The molecular weight excluding hydrogens is 561 g/mol. The van der Waals surface area contributed by atoms with E-state index in [2.05, 4.69) is 17.6 Å². The Hall–Kier alpha value is -2.61. The third-order valence-electron chi connectivity index (χ3n) is 7.61. The van der Waals surface area contributed by atoms with Gasteiger partial charge in [-0.2, -0.15) is 0 Å². The molecule has 2 N–H and O–H groups in total. The van der Waals surface area contributed by atoms with Crippen LogP contribution < -0.4 is 15.4 Å². The number of unbranched alkanes of at least 4 members (excludes halogenated alkanes) is 1. The second kappa shape index (κ2) is 15.6. The van der Waals surface area contributed by atoms with Crippen LogP contribution in [0.5, 0.6) is 5.75 Å². The van der Waals surface area contributed by atoms with Gasteiger partial charge in [-0.3, -0.25) is 14.4 Å². The van der Waals surface area contributed by atoms with Crippen LogP contribution in [0.4, 0.5) is 0 Å². The minimum absolute atomic E-state index is 0.147. The molecule has 224 valence electrons. The SMILES string of the molecule is CCCCc1ccc(Cl)cc1O[C@H](C)CN[C@H](C(=O)N(C)[C@H](C)C(=O)N[C@H](Cc1ccc(Cl)cc1)C(C)=O)C1CC1. The molecule has 1 aliphatic carbocycles. The highest BCUT2D eigenvalue weighted by molar-refractivity contribution is 6.31. The molecule has 2 aromatic carbocycles. The quantitative estimate of drug-likeness (QED) is 0.259. The Morgan fingerprint density at radius 3 is 2.32 bits per heavy atom. The van der Waals surface area contributed by atoms with Gasteiger partial charge < -0.3 is 20.3 Å². The van der Waals surface area contributed by atoms with E-state index in [1.165, 1.54) is 11.8 Å². The van der Waals surface area contributed by atoms with E-state index in [1.807, 2.05) is 37.3 Å². The molecule has 0 unspecified atom stereocenters. The maximum atomic E-state index is 13.5. The van der Waals surface area contributed by atoms with Crippen LogP contribution in [0.3, 0.4) is 0 Å². The van der Waals surface area contributed by atoms with Gasteiger partial charge >= 0.3 is 0 Å². The number of likely N-dealkylation sites (N-methyl/N-ethyl adjacent to an activating group) is 1. The Balaban J connectivity index is 1.58. The topological polar surface area (TPSA) is 87.7 Å². The lowest BCUT2D eigenvalue weighted by Crippen LogP contribution is -2.55. The van der Waals surface area contributed by atoms with E-state index in [0.29, 0.717) is 23.0 Å². The molecule has 0 bridgehead atoms. The number of ether oxygens (including phenoxy) is 1. The van der Waals surface area contributed by atoms with Gasteiger partial charge in [0, 0.05) is 23.6 Å². The number of rotatable bonds is 16. The normalized spacial score (nSPS) is 15.9. The van der Waals surface area contributed by atoms with Crippen molar-refractivity contribution in [2.75, 3.05) is 13.6 Å². The fourth-order valence-electron chi connectivity index (χ4n) is 4.68. The number of carbonyl (C=O) groups is 3. The zero-order chi connectivity index (χ0) is 30.1. The van der Waals surface area contributed by atoms with E-state index in [0.717, 1.165) is 49.0 Å². The van der Waals surface area contributed by atoms with Gasteiger partial charge in [0.05, 0.1) is 12.1 Å². The van der Waals surface area contributed by atoms with Gasteiger partial charge in [0.25, 0.3) is 0 Å². The number of hydrogen-bond donors (Lipinski definition) is 2. The van der Waals surface area contributed by atoms with Crippen molar-refractivity contribution in [3.63, 3.8) is 0 Å². The molecular formula is C32H43Cl2N3O4. The molecule has 0 radical (unpaired) electrons. The Bertz CT molecular complexity index is 1190. The lowest BCUT2D eigenvalue weighted by Gasteiger charge is -2.30. The zero-order valence-corrected chi connectivity index (χ0v) is 26.2. The van der Waals surface area contributed by atoms with Gasteiger partial charge in [-0.25, -0.2) is 0 Å². The van der Waals surface area contributed by atoms with Crippen molar-refractivity contribution in [2.24, 2.45) is 5.92 Å². The summed E-state index contributed by atoms with van der Waals surface area (Å²) in [6.45, 7) is 7.72. The second-order valence-electron chi connectivity index (χ2n) is 11.1.